The van der Waals surface area contributed by atoms with Crippen molar-refractivity contribution < 1.29 is 9.21 Å². The highest BCUT2D eigenvalue weighted by molar-refractivity contribution is 14.1. The highest BCUT2D eigenvalue weighted by Gasteiger charge is 2.29. The Bertz CT molecular complexity index is 481. The van der Waals surface area contributed by atoms with E-state index in [9.17, 15) is 4.79 Å². The number of furan rings is 1. The molecule has 1 aliphatic rings. The number of rotatable bonds is 2. The molecule has 1 aliphatic heterocycles. The van der Waals surface area contributed by atoms with E-state index in [2.05, 4.69) is 27.9 Å². The average Bonchev–Trinajstić information content (AvgIpc) is 2.74. The summed E-state index contributed by atoms with van der Waals surface area (Å²) in [5, 5.41) is 3.31. The number of halogens is 1. The van der Waals surface area contributed by atoms with Crippen LogP contribution in [0.1, 0.15) is 12.7 Å². The molecular formula is C10H9IN2O2S. The number of carbonyl (C=O) groups is 1. The van der Waals surface area contributed by atoms with E-state index < -0.39 is 0 Å². The number of nitrogens with one attached hydrogen (secondary N) is 1. The van der Waals surface area contributed by atoms with Crippen molar-refractivity contribution in [2.75, 3.05) is 6.54 Å². The minimum absolute atomic E-state index is 0.112. The van der Waals surface area contributed by atoms with Gasteiger partial charge in [-0.3, -0.25) is 9.69 Å². The summed E-state index contributed by atoms with van der Waals surface area (Å²) in [5.74, 6) is 0.528. The van der Waals surface area contributed by atoms with Gasteiger partial charge in [-0.05, 0) is 53.9 Å². The molecule has 4 nitrogen and oxygen atoms in total. The van der Waals surface area contributed by atoms with Crippen LogP contribution in [0.2, 0.25) is 0 Å². The third-order valence-corrected chi connectivity index (χ3v) is 3.06. The maximum atomic E-state index is 11.8. The molecule has 1 aromatic heterocycles. The first-order valence-electron chi connectivity index (χ1n) is 4.71. The molecule has 0 atom stereocenters. The Hall–Kier alpha value is -0.890. The van der Waals surface area contributed by atoms with Gasteiger partial charge < -0.3 is 9.73 Å². The predicted molar refractivity (Wildman–Crippen MR) is 72.5 cm³/mol. The van der Waals surface area contributed by atoms with Crippen molar-refractivity contribution in [2.24, 2.45) is 0 Å². The average molecular weight is 348 g/mol. The van der Waals surface area contributed by atoms with E-state index in [4.69, 9.17) is 16.6 Å². The van der Waals surface area contributed by atoms with E-state index in [0.29, 0.717) is 23.1 Å². The van der Waals surface area contributed by atoms with E-state index in [0.717, 1.165) is 3.77 Å². The monoisotopic (exact) mass is 348 g/mol. The third-order valence-electron chi connectivity index (χ3n) is 2.16. The van der Waals surface area contributed by atoms with Crippen LogP contribution in [0, 0.1) is 3.77 Å². The maximum absolute atomic E-state index is 11.8. The van der Waals surface area contributed by atoms with Gasteiger partial charge in [0.2, 0.25) is 0 Å². The number of hydrogen-bond acceptors (Lipinski definition) is 3. The van der Waals surface area contributed by atoms with E-state index >= 15 is 0 Å². The van der Waals surface area contributed by atoms with Crippen LogP contribution in [0.15, 0.2) is 22.2 Å². The van der Waals surface area contributed by atoms with E-state index in [1.165, 1.54) is 4.90 Å². The normalized spacial score (nSPS) is 18.4. The Morgan fingerprint density at radius 3 is 2.88 bits per heavy atom. The van der Waals surface area contributed by atoms with Gasteiger partial charge in [-0.25, -0.2) is 0 Å². The van der Waals surface area contributed by atoms with Crippen molar-refractivity contribution in [2.45, 2.75) is 6.92 Å². The second kappa shape index (κ2) is 4.54. The number of likely N-dealkylation sites (N-methyl/N-ethyl adjacent to an activating group) is 1. The summed E-state index contributed by atoms with van der Waals surface area (Å²) >= 11 is 7.11. The summed E-state index contributed by atoms with van der Waals surface area (Å²) in [7, 11) is 0. The van der Waals surface area contributed by atoms with Crippen LogP contribution in [0.5, 0.6) is 0 Å². The van der Waals surface area contributed by atoms with Crippen LogP contribution >= 0.6 is 34.8 Å². The molecule has 0 spiro atoms. The lowest BCUT2D eigenvalue weighted by atomic mass is 10.3. The molecule has 1 aromatic rings. The van der Waals surface area contributed by atoms with E-state index in [1.54, 1.807) is 12.1 Å². The summed E-state index contributed by atoms with van der Waals surface area (Å²) in [6.07, 6.45) is 1.66. The van der Waals surface area contributed by atoms with Gasteiger partial charge in [-0.2, -0.15) is 0 Å². The number of hydrogen-bond donors (Lipinski definition) is 1. The van der Waals surface area contributed by atoms with Gasteiger partial charge in [-0.15, -0.1) is 0 Å². The zero-order valence-electron chi connectivity index (χ0n) is 8.49. The molecule has 2 heterocycles. The fourth-order valence-corrected chi connectivity index (χ4v) is 2.16. The minimum Gasteiger partial charge on any atom is -0.451 e. The van der Waals surface area contributed by atoms with E-state index in [-0.39, 0.29) is 5.91 Å². The molecule has 2 rings (SSSR count). The largest absolute Gasteiger partial charge is 0.451 e. The van der Waals surface area contributed by atoms with E-state index in [1.807, 2.05) is 13.0 Å². The zero-order valence-corrected chi connectivity index (χ0v) is 11.5. The first-order chi connectivity index (χ1) is 7.61. The molecule has 0 aromatic carbocycles. The maximum Gasteiger partial charge on any atom is 0.276 e. The molecule has 1 fully saturated rings. The second-order valence-electron chi connectivity index (χ2n) is 3.18. The SMILES string of the molecule is CCN1C(=O)C(=Cc2ccc(I)o2)NC1=S. The summed E-state index contributed by atoms with van der Waals surface area (Å²) < 4.78 is 6.14. The first kappa shape index (κ1) is 11.6. The Kier molecular flexibility index (Phi) is 3.29. The van der Waals surface area contributed by atoms with Gasteiger partial charge in [0.15, 0.2) is 8.88 Å². The second-order valence-corrected chi connectivity index (χ2v) is 4.63. The molecule has 1 N–H and O–H groups in total. The summed E-state index contributed by atoms with van der Waals surface area (Å²) in [5.41, 5.74) is 0.456. The van der Waals surface area contributed by atoms with Crippen molar-refractivity contribution in [3.05, 3.63) is 27.4 Å². The van der Waals surface area contributed by atoms with Crippen LogP contribution < -0.4 is 5.32 Å². The Morgan fingerprint density at radius 1 is 1.62 bits per heavy atom. The van der Waals surface area contributed by atoms with Gasteiger partial charge >= 0.3 is 0 Å². The lowest BCUT2D eigenvalue weighted by molar-refractivity contribution is -0.122. The molecule has 0 aliphatic carbocycles. The third kappa shape index (κ3) is 2.12. The Labute approximate surface area is 112 Å². The predicted octanol–water partition coefficient (Wildman–Crippen LogP) is 1.96. The molecule has 84 valence electrons. The van der Waals surface area contributed by atoms with Gasteiger partial charge in [0.25, 0.3) is 5.91 Å². The number of nitrogens with zero attached hydrogens (tertiary/aromatic N) is 1. The summed E-state index contributed by atoms with van der Waals surface area (Å²) in [6.45, 7) is 2.45. The molecule has 0 radical (unpaired) electrons. The zero-order chi connectivity index (χ0) is 11.7. The highest BCUT2D eigenvalue weighted by Crippen LogP contribution is 2.16. The molecule has 1 saturated heterocycles. The van der Waals surface area contributed by atoms with Gasteiger partial charge in [-0.1, -0.05) is 0 Å². The molecule has 0 unspecified atom stereocenters. The van der Waals surface area contributed by atoms with Crippen LogP contribution in [-0.4, -0.2) is 22.5 Å². The van der Waals surface area contributed by atoms with Crippen LogP contribution in [0.25, 0.3) is 6.08 Å². The molecule has 1 amide bonds. The molecule has 0 bridgehead atoms. The smallest absolute Gasteiger partial charge is 0.276 e. The highest BCUT2D eigenvalue weighted by atomic mass is 127. The minimum atomic E-state index is -0.112. The van der Waals surface area contributed by atoms with Crippen molar-refractivity contribution in [1.29, 1.82) is 0 Å². The van der Waals surface area contributed by atoms with Crippen molar-refractivity contribution in [1.82, 2.24) is 10.2 Å². The van der Waals surface area contributed by atoms with Crippen LogP contribution in [-0.2, 0) is 4.79 Å². The van der Waals surface area contributed by atoms with Gasteiger partial charge in [0.05, 0.1) is 0 Å². The Morgan fingerprint density at radius 2 is 2.38 bits per heavy atom. The standard InChI is InChI=1S/C10H9IN2O2S/c1-2-13-9(14)7(12-10(13)16)5-6-3-4-8(11)15-6/h3-5H,2H2,1H3,(H,12,16). The topological polar surface area (TPSA) is 45.5 Å². The van der Waals surface area contributed by atoms with Crippen molar-refractivity contribution in [3.63, 3.8) is 0 Å². The number of thiocarbonyl (C=S) groups is 1. The fourth-order valence-electron chi connectivity index (χ4n) is 1.41. The molecule has 0 saturated carbocycles. The molecular weight excluding hydrogens is 339 g/mol. The number of amides is 1. The quantitative estimate of drug-likeness (QED) is 0.504. The van der Waals surface area contributed by atoms with Gasteiger partial charge in [0.1, 0.15) is 11.5 Å². The summed E-state index contributed by atoms with van der Waals surface area (Å²) in [6, 6.07) is 3.64. The molecule has 16 heavy (non-hydrogen) atoms. The van der Waals surface area contributed by atoms with Crippen molar-refractivity contribution in [3.8, 4) is 0 Å². The van der Waals surface area contributed by atoms with Gasteiger partial charge in [0, 0.05) is 12.6 Å². The summed E-state index contributed by atoms with van der Waals surface area (Å²) in [4.78, 5) is 13.3. The van der Waals surface area contributed by atoms with Crippen LogP contribution in [0.3, 0.4) is 0 Å². The van der Waals surface area contributed by atoms with Crippen molar-refractivity contribution >= 4 is 51.9 Å². The lowest BCUT2D eigenvalue weighted by Crippen LogP contribution is -2.30. The fraction of sp³-hybridized carbons (Fsp3) is 0.200. The lowest BCUT2D eigenvalue weighted by Gasteiger charge is -2.08. The number of carbonyl (C=O) groups excluding carboxylic acids is 1. The Balaban J connectivity index is 2.27. The van der Waals surface area contributed by atoms with Crippen LogP contribution in [0.4, 0.5) is 0 Å². The molecule has 6 heteroatoms. The first-order valence-corrected chi connectivity index (χ1v) is 6.20.